The monoisotopic (exact) mass is 535 g/mol. The van der Waals surface area contributed by atoms with E-state index in [9.17, 15) is 24.3 Å². The summed E-state index contributed by atoms with van der Waals surface area (Å²) in [5.41, 5.74) is 6.93. The van der Waals surface area contributed by atoms with Crippen LogP contribution in [0.15, 0.2) is 40.7 Å². The van der Waals surface area contributed by atoms with Crippen LogP contribution in [0.1, 0.15) is 11.6 Å². The van der Waals surface area contributed by atoms with Crippen LogP contribution in [0.3, 0.4) is 0 Å². The summed E-state index contributed by atoms with van der Waals surface area (Å²) in [4.78, 5) is 49.4. The van der Waals surface area contributed by atoms with Gasteiger partial charge in [0.15, 0.2) is 6.61 Å². The lowest BCUT2D eigenvalue weighted by atomic mass is 10.0. The van der Waals surface area contributed by atoms with Crippen molar-refractivity contribution in [2.45, 2.75) is 22.6 Å². The van der Waals surface area contributed by atoms with Crippen molar-refractivity contribution in [2.24, 2.45) is 12.8 Å². The molecular formula is C20H21N7O7S2. The number of benzene rings is 1. The molecule has 36 heavy (non-hydrogen) atoms. The number of hydrogen-bond acceptors (Lipinski definition) is 11. The molecule has 2 amide bonds. The van der Waals surface area contributed by atoms with Crippen LogP contribution in [0.25, 0.3) is 0 Å². The van der Waals surface area contributed by atoms with E-state index >= 15 is 0 Å². The summed E-state index contributed by atoms with van der Waals surface area (Å²) in [5, 5.41) is 32.1. The van der Waals surface area contributed by atoms with E-state index in [1.54, 1.807) is 7.05 Å². The number of rotatable bonds is 10. The zero-order valence-corrected chi connectivity index (χ0v) is 20.4. The highest BCUT2D eigenvalue weighted by atomic mass is 32.2. The summed E-state index contributed by atoms with van der Waals surface area (Å²) in [6.45, 7) is -0.504. The highest BCUT2D eigenvalue weighted by molar-refractivity contribution is 8.01. The number of ether oxygens (including phenoxy) is 1. The summed E-state index contributed by atoms with van der Waals surface area (Å²) in [6, 6.07) is 3.99. The number of carboxylic acids is 2. The van der Waals surface area contributed by atoms with E-state index < -0.39 is 47.8 Å². The van der Waals surface area contributed by atoms with E-state index in [1.165, 1.54) is 57.4 Å². The van der Waals surface area contributed by atoms with Crippen molar-refractivity contribution < 1.29 is 34.1 Å². The van der Waals surface area contributed by atoms with Crippen molar-refractivity contribution in [2.75, 3.05) is 18.1 Å². The Balaban J connectivity index is 1.40. The van der Waals surface area contributed by atoms with Crippen molar-refractivity contribution in [1.82, 2.24) is 30.4 Å². The minimum absolute atomic E-state index is 0.0990. The summed E-state index contributed by atoms with van der Waals surface area (Å²) in [7, 11) is 1.67. The molecule has 1 aromatic carbocycles. The molecule has 0 bridgehead atoms. The molecule has 14 nitrogen and oxygen atoms in total. The Morgan fingerprint density at radius 1 is 1.31 bits per heavy atom. The first-order valence-electron chi connectivity index (χ1n) is 10.4. The van der Waals surface area contributed by atoms with Gasteiger partial charge in [-0.1, -0.05) is 23.9 Å². The van der Waals surface area contributed by atoms with Crippen LogP contribution < -0.4 is 15.8 Å². The molecule has 0 radical (unpaired) electrons. The number of aromatic nitrogens is 4. The molecule has 1 fully saturated rings. The number of aliphatic carboxylic acids is 2. The number of nitrogens with one attached hydrogen (secondary N) is 1. The molecule has 0 saturated carbocycles. The number of carbonyl (C=O) groups is 4. The fourth-order valence-corrected chi connectivity index (χ4v) is 5.94. The highest BCUT2D eigenvalue weighted by Gasteiger charge is 2.54. The third kappa shape index (κ3) is 5.14. The van der Waals surface area contributed by atoms with E-state index in [0.717, 1.165) is 0 Å². The Morgan fingerprint density at radius 3 is 2.64 bits per heavy atom. The van der Waals surface area contributed by atoms with Gasteiger partial charge >= 0.3 is 11.9 Å². The first-order chi connectivity index (χ1) is 17.2. The second kappa shape index (κ2) is 10.5. The standard InChI is InChI=1S/C20H21N7O7S2/c1-26-20(23-24-25-26)36-8-10-7-35-18-14(17(31)27(18)15(10)19(32)33)22-16(30)13(21)9-2-4-11(5-3-9)34-6-12(28)29/h2-5,13-14,18H,6-8,21H2,1H3,(H,22,30)(H,28,29)(H,32,33)/t13?,14-,18-/m1/s1. The first kappa shape index (κ1) is 25.5. The lowest BCUT2D eigenvalue weighted by molar-refractivity contribution is -0.150. The number of nitrogens with two attached hydrogens (primary N) is 1. The van der Waals surface area contributed by atoms with Gasteiger partial charge in [0.2, 0.25) is 11.1 Å². The van der Waals surface area contributed by atoms with Gasteiger partial charge in [-0.25, -0.2) is 14.3 Å². The van der Waals surface area contributed by atoms with Gasteiger partial charge in [0, 0.05) is 18.6 Å². The number of carboxylic acid groups (broad SMARTS) is 2. The normalized spacial score (nSPS) is 19.8. The van der Waals surface area contributed by atoms with E-state index in [2.05, 4.69) is 20.8 Å². The van der Waals surface area contributed by atoms with Gasteiger partial charge in [-0.3, -0.25) is 14.5 Å². The topological polar surface area (TPSA) is 203 Å². The number of fused-ring (bicyclic) bond motifs is 1. The van der Waals surface area contributed by atoms with Crippen LogP contribution in [-0.4, -0.2) is 88.6 Å². The van der Waals surface area contributed by atoms with Crippen molar-refractivity contribution in [3.63, 3.8) is 0 Å². The Hall–Kier alpha value is -3.63. The van der Waals surface area contributed by atoms with E-state index in [1.807, 2.05) is 0 Å². The predicted octanol–water partition coefficient (Wildman–Crippen LogP) is -0.796. The number of hydrogen-bond donors (Lipinski definition) is 4. The zero-order valence-electron chi connectivity index (χ0n) is 18.7. The molecule has 5 N–H and O–H groups in total. The van der Waals surface area contributed by atoms with Gasteiger partial charge in [-0.15, -0.1) is 16.9 Å². The number of tetrazole rings is 1. The van der Waals surface area contributed by atoms with Gasteiger partial charge in [-0.05, 0) is 33.7 Å². The van der Waals surface area contributed by atoms with E-state index in [0.29, 0.717) is 27.8 Å². The Labute approximate surface area is 212 Å². The van der Waals surface area contributed by atoms with Crippen LogP contribution >= 0.6 is 23.5 Å². The number of thioether (sulfide) groups is 2. The number of carbonyl (C=O) groups excluding carboxylic acids is 2. The van der Waals surface area contributed by atoms with Crippen molar-refractivity contribution in [3.05, 3.63) is 41.1 Å². The molecule has 2 aliphatic rings. The van der Waals surface area contributed by atoms with E-state index in [-0.39, 0.29) is 11.4 Å². The molecule has 190 valence electrons. The second-order valence-corrected chi connectivity index (χ2v) is 9.80. The van der Waals surface area contributed by atoms with E-state index in [4.69, 9.17) is 15.6 Å². The minimum Gasteiger partial charge on any atom is -0.482 e. The fourth-order valence-electron chi connectivity index (χ4n) is 3.60. The molecule has 4 rings (SSSR count). The van der Waals surface area contributed by atoms with Crippen molar-refractivity contribution >= 4 is 47.3 Å². The average molecular weight is 536 g/mol. The summed E-state index contributed by atoms with van der Waals surface area (Å²) < 4.78 is 6.51. The summed E-state index contributed by atoms with van der Waals surface area (Å²) in [5.74, 6) is -2.56. The predicted molar refractivity (Wildman–Crippen MR) is 126 cm³/mol. The van der Waals surface area contributed by atoms with Crippen LogP contribution in [-0.2, 0) is 26.2 Å². The first-order valence-corrected chi connectivity index (χ1v) is 12.5. The second-order valence-electron chi connectivity index (χ2n) is 7.76. The molecule has 1 aromatic heterocycles. The molecule has 2 aliphatic heterocycles. The molecule has 0 spiro atoms. The largest absolute Gasteiger partial charge is 0.482 e. The van der Waals surface area contributed by atoms with Crippen molar-refractivity contribution in [1.29, 1.82) is 0 Å². The lowest BCUT2D eigenvalue weighted by Gasteiger charge is -2.49. The van der Waals surface area contributed by atoms with Crippen LogP contribution in [0, 0.1) is 0 Å². The smallest absolute Gasteiger partial charge is 0.352 e. The highest BCUT2D eigenvalue weighted by Crippen LogP contribution is 2.41. The SMILES string of the molecule is Cn1nnnc1SCC1=C(C(=O)O)N2C(=O)[C@@H](NC(=O)C(N)c3ccc(OCC(=O)O)cc3)[C@H]2SC1. The molecular weight excluding hydrogens is 514 g/mol. The number of β-lactam (4-membered cyclic amide) rings is 1. The number of amides is 2. The molecule has 2 aromatic rings. The van der Waals surface area contributed by atoms with Gasteiger partial charge < -0.3 is 26.0 Å². The maximum atomic E-state index is 12.9. The molecule has 3 heterocycles. The number of aryl methyl sites for hydroxylation is 1. The summed E-state index contributed by atoms with van der Waals surface area (Å²) >= 11 is 2.61. The van der Waals surface area contributed by atoms with Crippen LogP contribution in [0.4, 0.5) is 0 Å². The molecule has 0 aliphatic carbocycles. The van der Waals surface area contributed by atoms with Gasteiger partial charge in [0.25, 0.3) is 5.91 Å². The quantitative estimate of drug-likeness (QED) is 0.218. The maximum Gasteiger partial charge on any atom is 0.352 e. The lowest BCUT2D eigenvalue weighted by Crippen LogP contribution is -2.71. The third-order valence-electron chi connectivity index (χ3n) is 5.39. The van der Waals surface area contributed by atoms with Gasteiger partial charge in [-0.2, -0.15) is 0 Å². The fraction of sp³-hybridized carbons (Fsp3) is 0.350. The Morgan fingerprint density at radius 2 is 2.03 bits per heavy atom. The minimum atomic E-state index is -1.23. The molecule has 1 unspecified atom stereocenters. The summed E-state index contributed by atoms with van der Waals surface area (Å²) in [6.07, 6.45) is 0. The molecule has 3 atom stereocenters. The van der Waals surface area contributed by atoms with Gasteiger partial charge in [0.1, 0.15) is 28.9 Å². The maximum absolute atomic E-state index is 12.9. The average Bonchev–Trinajstić information content (AvgIpc) is 3.28. The van der Waals surface area contributed by atoms with Crippen LogP contribution in [0.2, 0.25) is 0 Å². The van der Waals surface area contributed by atoms with Gasteiger partial charge in [0.05, 0.1) is 0 Å². The molecule has 1 saturated heterocycles. The Kier molecular flexibility index (Phi) is 7.46. The Bertz CT molecular complexity index is 1230. The zero-order chi connectivity index (χ0) is 26.0. The number of nitrogens with zero attached hydrogens (tertiary/aromatic N) is 5. The van der Waals surface area contributed by atoms with Crippen molar-refractivity contribution in [3.8, 4) is 5.75 Å². The van der Waals surface area contributed by atoms with Crippen LogP contribution in [0.5, 0.6) is 5.75 Å². The molecule has 16 heteroatoms. The third-order valence-corrected chi connectivity index (χ3v) is 7.82.